The molecule has 1 fully saturated rings. The highest BCUT2D eigenvalue weighted by atomic mass is 19.4. The van der Waals surface area contributed by atoms with Crippen LogP contribution in [-0.2, 0) is 11.0 Å². The van der Waals surface area contributed by atoms with E-state index in [4.69, 9.17) is 4.74 Å². The Bertz CT molecular complexity index is 863. The molecule has 0 spiro atoms. The molecule has 2 aromatic rings. The topological polar surface area (TPSA) is 54.5 Å². The van der Waals surface area contributed by atoms with E-state index in [0.29, 0.717) is 37.7 Å². The molecule has 3 rings (SSSR count). The number of anilines is 1. The molecule has 0 radical (unpaired) electrons. The number of pyridine rings is 1. The van der Waals surface area contributed by atoms with Gasteiger partial charge in [0.05, 0.1) is 5.56 Å². The molecule has 0 saturated carbocycles. The molecule has 1 aromatic carbocycles. The minimum atomic E-state index is -4.39. The van der Waals surface area contributed by atoms with Crippen molar-refractivity contribution < 1.29 is 22.7 Å². The Labute approximate surface area is 180 Å². The number of carbonyl (C=O) groups excluding carboxylic acids is 1. The van der Waals surface area contributed by atoms with E-state index < -0.39 is 11.7 Å². The van der Waals surface area contributed by atoms with E-state index in [2.05, 4.69) is 24.1 Å². The van der Waals surface area contributed by atoms with Crippen molar-refractivity contribution in [3.63, 3.8) is 0 Å². The molecule has 1 saturated heterocycles. The molecule has 31 heavy (non-hydrogen) atoms. The normalized spacial score (nSPS) is 16.1. The maximum atomic E-state index is 12.7. The Morgan fingerprint density at radius 3 is 2.55 bits per heavy atom. The molecule has 1 aliphatic heterocycles. The number of rotatable bonds is 7. The van der Waals surface area contributed by atoms with Crippen LogP contribution in [0, 0.1) is 0 Å². The predicted octanol–water partition coefficient (Wildman–Crippen LogP) is 4.78. The van der Waals surface area contributed by atoms with Gasteiger partial charge in [-0.25, -0.2) is 4.98 Å². The smallest absolute Gasteiger partial charge is 0.417 e. The maximum Gasteiger partial charge on any atom is 0.417 e. The quantitative estimate of drug-likeness (QED) is 0.680. The highest BCUT2D eigenvalue weighted by Gasteiger charge is 2.31. The number of piperidine rings is 1. The van der Waals surface area contributed by atoms with Crippen LogP contribution in [0.15, 0.2) is 42.6 Å². The van der Waals surface area contributed by atoms with E-state index in [1.54, 1.807) is 0 Å². The number of amides is 1. The Balaban J connectivity index is 1.46. The van der Waals surface area contributed by atoms with E-state index in [0.717, 1.165) is 30.0 Å². The first-order valence-corrected chi connectivity index (χ1v) is 10.6. The van der Waals surface area contributed by atoms with Gasteiger partial charge in [0.1, 0.15) is 11.6 Å². The zero-order valence-corrected chi connectivity index (χ0v) is 17.8. The second-order valence-electron chi connectivity index (χ2n) is 7.87. The second kappa shape index (κ2) is 10.0. The summed E-state index contributed by atoms with van der Waals surface area (Å²) >= 11 is 0. The van der Waals surface area contributed by atoms with E-state index in [1.807, 2.05) is 29.2 Å². The van der Waals surface area contributed by atoms with Gasteiger partial charge in [-0.15, -0.1) is 0 Å². The molecular formula is C23H28F3N3O2. The summed E-state index contributed by atoms with van der Waals surface area (Å²) in [6.07, 6.45) is -1.16. The third-order valence-electron chi connectivity index (χ3n) is 5.68. The lowest BCUT2D eigenvalue weighted by molar-refractivity contribution is -0.137. The molecule has 0 bridgehead atoms. The lowest BCUT2D eigenvalue weighted by Crippen LogP contribution is -2.46. The van der Waals surface area contributed by atoms with Gasteiger partial charge in [0.15, 0.2) is 6.61 Å². The van der Waals surface area contributed by atoms with E-state index in [9.17, 15) is 18.0 Å². The van der Waals surface area contributed by atoms with Gasteiger partial charge >= 0.3 is 6.18 Å². The van der Waals surface area contributed by atoms with E-state index >= 15 is 0 Å². The van der Waals surface area contributed by atoms with Gasteiger partial charge in [0.25, 0.3) is 5.91 Å². The van der Waals surface area contributed by atoms with Crippen LogP contribution in [0.4, 0.5) is 19.0 Å². The van der Waals surface area contributed by atoms with Gasteiger partial charge in [0, 0.05) is 25.3 Å². The molecule has 8 heteroatoms. The van der Waals surface area contributed by atoms with Crippen LogP contribution >= 0.6 is 0 Å². The Kier molecular flexibility index (Phi) is 7.41. The summed E-state index contributed by atoms with van der Waals surface area (Å²) in [4.78, 5) is 18.2. The number of nitrogens with zero attached hydrogens (tertiary/aromatic N) is 2. The molecule has 5 nitrogen and oxygen atoms in total. The van der Waals surface area contributed by atoms with Crippen molar-refractivity contribution in [1.82, 2.24) is 10.3 Å². The van der Waals surface area contributed by atoms with Gasteiger partial charge in [0.2, 0.25) is 0 Å². The lowest BCUT2D eigenvalue weighted by Gasteiger charge is -2.33. The molecular weight excluding hydrogens is 407 g/mol. The number of nitrogens with one attached hydrogen (secondary N) is 1. The van der Waals surface area contributed by atoms with Crippen molar-refractivity contribution in [2.24, 2.45) is 0 Å². The van der Waals surface area contributed by atoms with Gasteiger partial charge in [-0.2, -0.15) is 13.2 Å². The van der Waals surface area contributed by atoms with Crippen molar-refractivity contribution in [2.75, 3.05) is 24.6 Å². The Morgan fingerprint density at radius 1 is 1.23 bits per heavy atom. The van der Waals surface area contributed by atoms with Gasteiger partial charge in [-0.3, -0.25) is 4.79 Å². The molecule has 1 N–H and O–H groups in total. The van der Waals surface area contributed by atoms with Crippen molar-refractivity contribution in [3.05, 3.63) is 53.7 Å². The average Bonchev–Trinajstić information content (AvgIpc) is 2.77. The van der Waals surface area contributed by atoms with Crippen molar-refractivity contribution in [2.45, 2.75) is 51.2 Å². The van der Waals surface area contributed by atoms with Crippen LogP contribution in [0.5, 0.6) is 5.75 Å². The summed E-state index contributed by atoms with van der Waals surface area (Å²) in [5, 5.41) is 2.99. The predicted molar refractivity (Wildman–Crippen MR) is 113 cm³/mol. The summed E-state index contributed by atoms with van der Waals surface area (Å²) in [6.45, 7) is 5.42. The Hall–Kier alpha value is -2.77. The van der Waals surface area contributed by atoms with Gasteiger partial charge in [-0.1, -0.05) is 32.0 Å². The number of ether oxygens (including phenoxy) is 1. The van der Waals surface area contributed by atoms with Gasteiger partial charge in [-0.05, 0) is 48.9 Å². The second-order valence-corrected chi connectivity index (χ2v) is 7.87. The first-order valence-electron chi connectivity index (χ1n) is 10.6. The number of hydrogen-bond donors (Lipinski definition) is 1. The number of alkyl halides is 3. The maximum absolute atomic E-state index is 12.7. The fraction of sp³-hybridized carbons (Fsp3) is 0.478. The third-order valence-corrected chi connectivity index (χ3v) is 5.68. The van der Waals surface area contributed by atoms with Crippen LogP contribution in [0.25, 0.3) is 0 Å². The summed E-state index contributed by atoms with van der Waals surface area (Å²) in [7, 11) is 0. The number of halogens is 3. The summed E-state index contributed by atoms with van der Waals surface area (Å²) in [5.74, 6) is 1.42. The molecule has 0 aliphatic carbocycles. The zero-order valence-electron chi connectivity index (χ0n) is 17.8. The van der Waals surface area contributed by atoms with Crippen molar-refractivity contribution >= 4 is 11.7 Å². The van der Waals surface area contributed by atoms with E-state index in [-0.39, 0.29) is 18.6 Å². The molecule has 1 aliphatic rings. The minimum absolute atomic E-state index is 0.00612. The van der Waals surface area contributed by atoms with Crippen molar-refractivity contribution in [3.8, 4) is 5.75 Å². The Morgan fingerprint density at radius 2 is 1.94 bits per heavy atom. The molecule has 1 atom stereocenters. The monoisotopic (exact) mass is 435 g/mol. The first kappa shape index (κ1) is 22.9. The van der Waals surface area contributed by atoms with Crippen LogP contribution in [0.1, 0.15) is 50.2 Å². The zero-order chi connectivity index (χ0) is 22.4. The molecule has 168 valence electrons. The minimum Gasteiger partial charge on any atom is -0.483 e. The summed E-state index contributed by atoms with van der Waals surface area (Å²) in [6, 6.07) is 10.2. The number of carbonyl (C=O) groups is 1. The van der Waals surface area contributed by atoms with Gasteiger partial charge < -0.3 is 15.0 Å². The molecule has 1 aromatic heterocycles. The number of benzene rings is 1. The highest BCUT2D eigenvalue weighted by Crippen LogP contribution is 2.30. The third kappa shape index (κ3) is 6.12. The van der Waals surface area contributed by atoms with Crippen molar-refractivity contribution in [1.29, 1.82) is 0 Å². The fourth-order valence-electron chi connectivity index (χ4n) is 3.65. The van der Waals surface area contributed by atoms with E-state index in [1.165, 1.54) is 6.07 Å². The van der Waals surface area contributed by atoms with Crippen LogP contribution < -0.4 is 15.0 Å². The molecule has 1 amide bonds. The largest absolute Gasteiger partial charge is 0.483 e. The highest BCUT2D eigenvalue weighted by molar-refractivity contribution is 5.78. The standard InChI is InChI=1S/C23H28F3N3O2/c1-3-16(2)19-6-4-5-7-20(19)31-15-22(30)28-18-10-12-29(13-11-18)21-9-8-17(14-27-21)23(24,25)26/h4-9,14,16,18H,3,10-13,15H2,1-2H3,(H,28,30). The lowest BCUT2D eigenvalue weighted by atomic mass is 9.98. The summed E-state index contributed by atoms with van der Waals surface area (Å²) in [5.41, 5.74) is 0.337. The summed E-state index contributed by atoms with van der Waals surface area (Å²) < 4.78 is 43.8. The molecule has 2 heterocycles. The fourth-order valence-corrected chi connectivity index (χ4v) is 3.65. The number of hydrogen-bond acceptors (Lipinski definition) is 4. The number of para-hydroxylation sites is 1. The number of aromatic nitrogens is 1. The average molecular weight is 435 g/mol. The SMILES string of the molecule is CCC(C)c1ccccc1OCC(=O)NC1CCN(c2ccc(C(F)(F)F)cn2)CC1. The van der Waals surface area contributed by atoms with Crippen LogP contribution in [0.3, 0.4) is 0 Å². The van der Waals surface area contributed by atoms with Crippen LogP contribution in [0.2, 0.25) is 0 Å². The van der Waals surface area contributed by atoms with Crippen LogP contribution in [-0.4, -0.2) is 36.6 Å². The first-order chi connectivity index (χ1) is 14.8. The molecule has 1 unspecified atom stereocenters.